The summed E-state index contributed by atoms with van der Waals surface area (Å²) < 4.78 is 6.56. The monoisotopic (exact) mass is 424 g/mol. The summed E-state index contributed by atoms with van der Waals surface area (Å²) in [6, 6.07) is 17.2. The van der Waals surface area contributed by atoms with Gasteiger partial charge in [0.05, 0.1) is 5.75 Å². The molecule has 2 heterocycles. The van der Waals surface area contributed by atoms with Crippen molar-refractivity contribution in [2.24, 2.45) is 0 Å². The number of hydrogen-bond acceptors (Lipinski definition) is 11. The summed E-state index contributed by atoms with van der Waals surface area (Å²) >= 11 is 2.87. The van der Waals surface area contributed by atoms with Gasteiger partial charge < -0.3 is 21.5 Å². The summed E-state index contributed by atoms with van der Waals surface area (Å²) in [5.74, 6) is 2.72. The van der Waals surface area contributed by atoms with E-state index in [0.717, 1.165) is 21.5 Å². The summed E-state index contributed by atoms with van der Waals surface area (Å²) in [5, 5.41) is 12.2. The van der Waals surface area contributed by atoms with Crippen molar-refractivity contribution in [3.63, 3.8) is 0 Å². The minimum atomic E-state index is 0.104. The summed E-state index contributed by atoms with van der Waals surface area (Å²) in [6.07, 6.45) is 0. The molecule has 0 atom stereocenters. The van der Waals surface area contributed by atoms with Gasteiger partial charge in [0.1, 0.15) is 17.3 Å². The van der Waals surface area contributed by atoms with E-state index in [4.69, 9.17) is 16.2 Å². The van der Waals surface area contributed by atoms with E-state index in [1.165, 1.54) is 23.1 Å². The Bertz CT molecular complexity index is 1070. The molecule has 0 fully saturated rings. The van der Waals surface area contributed by atoms with Gasteiger partial charge >= 0.3 is 0 Å². The van der Waals surface area contributed by atoms with E-state index < -0.39 is 0 Å². The van der Waals surface area contributed by atoms with Gasteiger partial charge in [-0.3, -0.25) is 0 Å². The third kappa shape index (κ3) is 5.30. The van der Waals surface area contributed by atoms with Gasteiger partial charge in [-0.15, -0.1) is 10.2 Å². The smallest absolute Gasteiger partial charge is 0.225 e. The molecule has 0 amide bonds. The van der Waals surface area contributed by atoms with Crippen LogP contribution in [0.25, 0.3) is 0 Å². The molecule has 29 heavy (non-hydrogen) atoms. The van der Waals surface area contributed by atoms with Crippen LogP contribution < -0.4 is 21.5 Å². The molecule has 0 aliphatic heterocycles. The van der Waals surface area contributed by atoms with Crippen molar-refractivity contribution in [2.75, 3.05) is 16.8 Å². The Morgan fingerprint density at radius 1 is 0.862 bits per heavy atom. The normalized spacial score (nSPS) is 10.6. The Labute approximate surface area is 174 Å². The van der Waals surface area contributed by atoms with E-state index in [-0.39, 0.29) is 11.9 Å². The van der Waals surface area contributed by atoms with Gasteiger partial charge in [0.25, 0.3) is 0 Å². The average molecular weight is 425 g/mol. The van der Waals surface area contributed by atoms with Crippen molar-refractivity contribution in [1.29, 1.82) is 0 Å². The quantitative estimate of drug-likeness (QED) is 0.376. The molecule has 0 aliphatic carbocycles. The number of benzene rings is 2. The second kappa shape index (κ2) is 8.71. The lowest BCUT2D eigenvalue weighted by molar-refractivity contribution is 0.483. The molecule has 0 radical (unpaired) electrons. The predicted molar refractivity (Wildman–Crippen MR) is 114 cm³/mol. The lowest BCUT2D eigenvalue weighted by Gasteiger charge is -2.06. The molecular formula is C18H16N8OS2. The molecule has 5 N–H and O–H groups in total. The highest BCUT2D eigenvalue weighted by Crippen LogP contribution is 2.30. The van der Waals surface area contributed by atoms with Gasteiger partial charge in [0.15, 0.2) is 4.34 Å². The number of nitrogens with one attached hydrogen (secondary N) is 1. The maximum absolute atomic E-state index is 5.79. The Kier molecular flexibility index (Phi) is 5.68. The van der Waals surface area contributed by atoms with Crippen LogP contribution in [-0.2, 0) is 5.75 Å². The number of ether oxygens (including phenoxy) is 1. The third-order valence-corrected chi connectivity index (χ3v) is 5.50. The Hall–Kier alpha value is -3.44. The second-order valence-corrected chi connectivity index (χ2v) is 7.89. The van der Waals surface area contributed by atoms with E-state index in [9.17, 15) is 0 Å². The highest BCUT2D eigenvalue weighted by molar-refractivity contribution is 8.00. The van der Waals surface area contributed by atoms with Crippen molar-refractivity contribution < 1.29 is 4.74 Å². The molecule has 0 bridgehead atoms. The van der Waals surface area contributed by atoms with Crippen molar-refractivity contribution in [3.05, 3.63) is 60.4 Å². The Morgan fingerprint density at radius 3 is 2.28 bits per heavy atom. The fourth-order valence-corrected chi connectivity index (χ4v) is 3.95. The lowest BCUT2D eigenvalue weighted by Crippen LogP contribution is -2.05. The van der Waals surface area contributed by atoms with Crippen LogP contribution in [0.4, 0.5) is 22.7 Å². The molecule has 2 aromatic heterocycles. The number of anilines is 4. The van der Waals surface area contributed by atoms with E-state index in [2.05, 4.69) is 30.5 Å². The number of nitrogens with zero attached hydrogens (tertiary/aromatic N) is 5. The van der Waals surface area contributed by atoms with E-state index in [1.807, 2.05) is 54.6 Å². The molecule has 0 unspecified atom stereocenters. The third-order valence-electron chi connectivity index (χ3n) is 3.53. The SMILES string of the molecule is Nc1nc(N)nc(CSc2nnc(Nc3ccc(Oc4ccccc4)cc3)s2)n1. The zero-order valence-electron chi connectivity index (χ0n) is 15.0. The van der Waals surface area contributed by atoms with Gasteiger partial charge in [-0.25, -0.2) is 0 Å². The van der Waals surface area contributed by atoms with Gasteiger partial charge in [-0.2, -0.15) is 15.0 Å². The number of rotatable bonds is 7. The number of para-hydroxylation sites is 1. The van der Waals surface area contributed by atoms with Crippen LogP contribution >= 0.6 is 23.1 Å². The molecule has 2 aromatic carbocycles. The van der Waals surface area contributed by atoms with Crippen molar-refractivity contribution in [2.45, 2.75) is 10.1 Å². The van der Waals surface area contributed by atoms with Gasteiger partial charge in [0, 0.05) is 5.69 Å². The highest BCUT2D eigenvalue weighted by Gasteiger charge is 2.08. The Morgan fingerprint density at radius 2 is 1.55 bits per heavy atom. The van der Waals surface area contributed by atoms with E-state index >= 15 is 0 Å². The van der Waals surface area contributed by atoms with Gasteiger partial charge in [-0.1, -0.05) is 41.3 Å². The maximum atomic E-state index is 5.79. The predicted octanol–water partition coefficient (Wildman–Crippen LogP) is 3.72. The van der Waals surface area contributed by atoms with Crippen LogP contribution in [-0.4, -0.2) is 25.1 Å². The molecule has 11 heteroatoms. The minimum Gasteiger partial charge on any atom is -0.457 e. The largest absolute Gasteiger partial charge is 0.457 e. The second-order valence-electron chi connectivity index (χ2n) is 5.69. The van der Waals surface area contributed by atoms with Crippen LogP contribution in [0, 0.1) is 0 Å². The number of nitrogen functional groups attached to an aromatic ring is 2. The molecule has 4 rings (SSSR count). The van der Waals surface area contributed by atoms with Crippen LogP contribution in [0.2, 0.25) is 0 Å². The summed E-state index contributed by atoms with van der Waals surface area (Å²) in [6.45, 7) is 0. The highest BCUT2D eigenvalue weighted by atomic mass is 32.2. The first-order valence-electron chi connectivity index (χ1n) is 8.46. The number of thioether (sulfide) groups is 1. The first-order chi connectivity index (χ1) is 14.1. The first kappa shape index (κ1) is 18.9. The maximum Gasteiger partial charge on any atom is 0.225 e. The Balaban J connectivity index is 1.34. The van der Waals surface area contributed by atoms with E-state index in [1.54, 1.807) is 0 Å². The minimum absolute atomic E-state index is 0.104. The molecular weight excluding hydrogens is 408 g/mol. The summed E-state index contributed by atoms with van der Waals surface area (Å²) in [7, 11) is 0. The van der Waals surface area contributed by atoms with Crippen LogP contribution in [0.1, 0.15) is 5.82 Å². The molecule has 0 saturated carbocycles. The van der Waals surface area contributed by atoms with Gasteiger partial charge in [-0.05, 0) is 36.4 Å². The fourth-order valence-electron chi connectivity index (χ4n) is 2.32. The zero-order chi connectivity index (χ0) is 20.1. The number of aromatic nitrogens is 5. The topological polar surface area (TPSA) is 138 Å². The van der Waals surface area contributed by atoms with Crippen LogP contribution in [0.3, 0.4) is 0 Å². The number of nitrogens with two attached hydrogens (primary N) is 2. The summed E-state index contributed by atoms with van der Waals surface area (Å²) in [4.78, 5) is 11.8. The molecule has 0 spiro atoms. The number of hydrogen-bond donors (Lipinski definition) is 3. The van der Waals surface area contributed by atoms with Crippen molar-refractivity contribution in [3.8, 4) is 11.5 Å². The van der Waals surface area contributed by atoms with Crippen LogP contribution in [0.5, 0.6) is 11.5 Å². The first-order valence-corrected chi connectivity index (χ1v) is 10.3. The summed E-state index contributed by atoms with van der Waals surface area (Å²) in [5.41, 5.74) is 12.0. The lowest BCUT2D eigenvalue weighted by atomic mass is 10.3. The zero-order valence-corrected chi connectivity index (χ0v) is 16.7. The van der Waals surface area contributed by atoms with Crippen molar-refractivity contribution >= 4 is 45.8 Å². The molecule has 146 valence electrons. The molecule has 9 nitrogen and oxygen atoms in total. The molecule has 0 saturated heterocycles. The standard InChI is InChI=1S/C18H16N8OS2/c19-15-22-14(23-16(20)24-15)10-28-18-26-25-17(29-18)21-11-6-8-13(9-7-11)27-12-4-2-1-3-5-12/h1-9H,10H2,(H,21,25)(H4,19,20,22,23,24). The fraction of sp³-hybridized carbons (Fsp3) is 0.0556. The average Bonchev–Trinajstić information content (AvgIpc) is 3.15. The van der Waals surface area contributed by atoms with Gasteiger partial charge in [0.2, 0.25) is 17.0 Å². The molecule has 0 aliphatic rings. The van der Waals surface area contributed by atoms with Crippen LogP contribution in [0.15, 0.2) is 58.9 Å². The van der Waals surface area contributed by atoms with E-state index in [0.29, 0.717) is 16.7 Å². The van der Waals surface area contributed by atoms with Crippen molar-refractivity contribution in [1.82, 2.24) is 25.1 Å². The molecule has 4 aromatic rings.